The van der Waals surface area contributed by atoms with Crippen molar-refractivity contribution >= 4 is 24.4 Å². The first-order chi connectivity index (χ1) is 6.65. The van der Waals surface area contributed by atoms with Crippen LogP contribution in [0.15, 0.2) is 14.7 Å². The molecule has 0 atom stereocenters. The summed E-state index contributed by atoms with van der Waals surface area (Å²) in [7, 11) is 0. The first-order valence-corrected chi connectivity index (χ1v) is 5.10. The predicted molar refractivity (Wildman–Crippen MR) is 53.9 cm³/mol. The molecule has 1 heterocycles. The van der Waals surface area contributed by atoms with Crippen molar-refractivity contribution in [3.05, 3.63) is 21.5 Å². The van der Waals surface area contributed by atoms with Crippen molar-refractivity contribution in [2.24, 2.45) is 0 Å². The smallest absolute Gasteiger partial charge is 0.761 e. The third-order valence-corrected chi connectivity index (χ3v) is 2.69. The van der Waals surface area contributed by atoms with Gasteiger partial charge in [0, 0.05) is 4.90 Å². The molecule has 0 unspecified atom stereocenters. The van der Waals surface area contributed by atoms with E-state index in [1.54, 1.807) is 12.3 Å². The molecule has 0 bridgehead atoms. The standard InChI is InChI=1S/C8H5N3OS2.Na/c1-14-6-4(2-9)7(12)11-8(13)5(6)3-10;/h1H3,(H2,11,12,13);/q;+1/p-1. The van der Waals surface area contributed by atoms with Crippen LogP contribution in [0.3, 0.4) is 0 Å². The topological polar surface area (TPSA) is 80.4 Å². The molecule has 0 fully saturated rings. The summed E-state index contributed by atoms with van der Waals surface area (Å²) < 4.78 is 0. The van der Waals surface area contributed by atoms with Crippen molar-refractivity contribution in [2.45, 2.75) is 9.92 Å². The number of aromatic nitrogens is 1. The Morgan fingerprint density at radius 1 is 1.33 bits per heavy atom. The zero-order valence-electron chi connectivity index (χ0n) is 8.12. The van der Waals surface area contributed by atoms with E-state index in [-0.39, 0.29) is 45.7 Å². The predicted octanol–water partition coefficient (Wildman–Crippen LogP) is -2.25. The van der Waals surface area contributed by atoms with E-state index in [9.17, 15) is 4.79 Å². The number of aromatic amines is 1. The van der Waals surface area contributed by atoms with E-state index in [4.69, 9.17) is 23.2 Å². The van der Waals surface area contributed by atoms with Crippen molar-refractivity contribution in [1.82, 2.24) is 4.98 Å². The zero-order valence-corrected chi connectivity index (χ0v) is 11.8. The monoisotopic (exact) mass is 245 g/mol. The van der Waals surface area contributed by atoms with Crippen molar-refractivity contribution in [3.63, 3.8) is 0 Å². The summed E-state index contributed by atoms with van der Waals surface area (Å²) in [5.74, 6) is 0. The number of thioether (sulfide) groups is 1. The average Bonchev–Trinajstić information content (AvgIpc) is 2.16. The van der Waals surface area contributed by atoms with Gasteiger partial charge in [-0.3, -0.25) is 4.79 Å². The van der Waals surface area contributed by atoms with Crippen LogP contribution in [0.2, 0.25) is 0 Å². The first-order valence-electron chi connectivity index (χ1n) is 3.47. The molecular weight excluding hydrogens is 241 g/mol. The minimum atomic E-state index is -0.541. The van der Waals surface area contributed by atoms with Gasteiger partial charge in [-0.15, -0.1) is 11.8 Å². The number of rotatable bonds is 1. The summed E-state index contributed by atoms with van der Waals surface area (Å²) in [6.07, 6.45) is 1.69. The van der Waals surface area contributed by atoms with E-state index in [0.717, 1.165) is 0 Å². The molecule has 70 valence electrons. The molecule has 0 saturated carbocycles. The van der Waals surface area contributed by atoms with Crippen molar-refractivity contribution in [1.29, 1.82) is 10.5 Å². The van der Waals surface area contributed by atoms with Gasteiger partial charge in [0.1, 0.15) is 17.7 Å². The Bertz CT molecular complexity index is 512. The number of nitriles is 2. The molecule has 1 aromatic heterocycles. The molecule has 1 rings (SSSR count). The van der Waals surface area contributed by atoms with E-state index in [1.165, 1.54) is 11.8 Å². The van der Waals surface area contributed by atoms with E-state index in [1.807, 2.05) is 6.07 Å². The van der Waals surface area contributed by atoms with Crippen LogP contribution in [-0.4, -0.2) is 11.2 Å². The Hall–Kier alpha value is -0.500. The van der Waals surface area contributed by atoms with Gasteiger partial charge in [0.25, 0.3) is 5.56 Å². The van der Waals surface area contributed by atoms with Gasteiger partial charge in [-0.05, 0) is 6.26 Å². The third kappa shape index (κ3) is 2.75. The van der Waals surface area contributed by atoms with Crippen LogP contribution in [0.4, 0.5) is 0 Å². The molecule has 0 aromatic carbocycles. The van der Waals surface area contributed by atoms with Gasteiger partial charge in [0.05, 0.1) is 5.56 Å². The summed E-state index contributed by atoms with van der Waals surface area (Å²) in [6, 6.07) is 3.63. The summed E-state index contributed by atoms with van der Waals surface area (Å²) in [5.41, 5.74) is -0.410. The molecule has 1 N–H and O–H groups in total. The van der Waals surface area contributed by atoms with E-state index < -0.39 is 5.56 Å². The average molecular weight is 245 g/mol. The second kappa shape index (κ2) is 6.16. The third-order valence-electron chi connectivity index (χ3n) is 1.56. The van der Waals surface area contributed by atoms with Crippen LogP contribution in [0.25, 0.3) is 0 Å². The fourth-order valence-corrected chi connectivity index (χ4v) is 1.97. The normalized spacial score (nSPS) is 8.47. The molecule has 0 spiro atoms. The minimum absolute atomic E-state index is 0. The van der Waals surface area contributed by atoms with Crippen LogP contribution in [0.1, 0.15) is 11.1 Å². The van der Waals surface area contributed by atoms with Gasteiger partial charge in [-0.25, -0.2) is 0 Å². The summed E-state index contributed by atoms with van der Waals surface area (Å²) in [4.78, 5) is 13.9. The van der Waals surface area contributed by atoms with Crippen LogP contribution in [0.5, 0.6) is 0 Å². The summed E-state index contributed by atoms with van der Waals surface area (Å²) in [6.45, 7) is 0. The summed E-state index contributed by atoms with van der Waals surface area (Å²) in [5, 5.41) is 17.6. The minimum Gasteiger partial charge on any atom is -0.761 e. The Balaban J connectivity index is 0.00000196. The molecule has 7 heteroatoms. The van der Waals surface area contributed by atoms with Crippen molar-refractivity contribution < 1.29 is 29.6 Å². The maximum atomic E-state index is 11.3. The Kier molecular flexibility index (Phi) is 5.96. The van der Waals surface area contributed by atoms with E-state index >= 15 is 0 Å². The van der Waals surface area contributed by atoms with Gasteiger partial charge in [-0.2, -0.15) is 10.5 Å². The Labute approximate surface area is 118 Å². The van der Waals surface area contributed by atoms with Gasteiger partial charge >= 0.3 is 29.6 Å². The van der Waals surface area contributed by atoms with E-state index in [0.29, 0.717) is 4.90 Å². The SMILES string of the molecule is CSc1c(C#N)c([S-])[nH]c(=O)c1C#N.[Na+]. The molecule has 0 radical (unpaired) electrons. The van der Waals surface area contributed by atoms with Crippen LogP contribution >= 0.6 is 11.8 Å². The number of pyridine rings is 1. The maximum absolute atomic E-state index is 11.3. The molecule has 0 aliphatic carbocycles. The Morgan fingerprint density at radius 2 is 1.87 bits per heavy atom. The van der Waals surface area contributed by atoms with Gasteiger partial charge < -0.3 is 17.6 Å². The van der Waals surface area contributed by atoms with Crippen LogP contribution in [-0.2, 0) is 12.6 Å². The quantitative estimate of drug-likeness (QED) is 0.343. The summed E-state index contributed by atoms with van der Waals surface area (Å²) >= 11 is 5.97. The molecule has 0 saturated heterocycles. The number of nitrogens with one attached hydrogen (secondary N) is 1. The number of hydrogen-bond donors (Lipinski definition) is 1. The molecule has 0 aliphatic heterocycles. The second-order valence-corrected chi connectivity index (χ2v) is 3.51. The molecule has 4 nitrogen and oxygen atoms in total. The second-order valence-electron chi connectivity index (χ2n) is 2.29. The van der Waals surface area contributed by atoms with Gasteiger partial charge in [-0.1, -0.05) is 5.03 Å². The van der Waals surface area contributed by atoms with Crippen molar-refractivity contribution in [2.75, 3.05) is 6.26 Å². The largest absolute Gasteiger partial charge is 1.00 e. The molecule has 15 heavy (non-hydrogen) atoms. The van der Waals surface area contributed by atoms with Gasteiger partial charge in [0.2, 0.25) is 0 Å². The molecular formula is C8H4N3NaOS2. The van der Waals surface area contributed by atoms with E-state index in [2.05, 4.69) is 4.98 Å². The number of hydrogen-bond acceptors (Lipinski definition) is 5. The van der Waals surface area contributed by atoms with Crippen molar-refractivity contribution in [3.8, 4) is 12.1 Å². The first kappa shape index (κ1) is 14.5. The Morgan fingerprint density at radius 3 is 2.27 bits per heavy atom. The maximum Gasteiger partial charge on any atom is 1.00 e. The van der Waals surface area contributed by atoms with Crippen LogP contribution in [0, 0.1) is 22.7 Å². The molecule has 1 aromatic rings. The number of H-pyrrole nitrogens is 1. The zero-order chi connectivity index (χ0) is 10.7. The molecule has 0 amide bonds. The fraction of sp³-hybridized carbons (Fsp3) is 0.125. The van der Waals surface area contributed by atoms with Gasteiger partial charge in [0.15, 0.2) is 0 Å². The molecule has 0 aliphatic rings. The van der Waals surface area contributed by atoms with Crippen LogP contribution < -0.4 is 35.1 Å². The fourth-order valence-electron chi connectivity index (χ4n) is 0.967. The number of nitrogens with zero attached hydrogens (tertiary/aromatic N) is 2.